The van der Waals surface area contributed by atoms with Crippen LogP contribution in [0.15, 0.2) is 150 Å². The molecular weight excluding hydrogens is 609 g/mol. The molecule has 0 spiro atoms. The Morgan fingerprint density at radius 3 is 1.62 bits per heavy atom. The average Bonchev–Trinajstić information content (AvgIpc) is 3.13. The van der Waals surface area contributed by atoms with Crippen molar-refractivity contribution in [2.75, 3.05) is 13.7 Å². The van der Waals surface area contributed by atoms with Crippen LogP contribution in [-0.4, -0.2) is 43.6 Å². The Balaban J connectivity index is 1.33. The largest absolute Gasteiger partial charge is 0.497 e. The molecule has 1 fully saturated rings. The Hall–Kier alpha value is -4.11. The molecule has 0 saturated carbocycles. The average molecular weight is 649 g/mol. The number of rotatable bonds is 15. The lowest BCUT2D eigenvalue weighted by molar-refractivity contribution is -0.253. The molecule has 0 bridgehead atoms. The zero-order chi connectivity index (χ0) is 32.1. The van der Waals surface area contributed by atoms with Gasteiger partial charge in [-0.15, -0.1) is 11.8 Å². The maximum atomic E-state index is 6.88. The lowest BCUT2D eigenvalue weighted by Crippen LogP contribution is -2.60. The molecule has 5 aromatic carbocycles. The molecule has 0 unspecified atom stereocenters. The van der Waals surface area contributed by atoms with Gasteiger partial charge in [-0.2, -0.15) is 0 Å². The van der Waals surface area contributed by atoms with Crippen LogP contribution in [-0.2, 0) is 38.8 Å². The first-order valence-corrected chi connectivity index (χ1v) is 16.7. The molecule has 0 aliphatic carbocycles. The fourth-order valence-corrected chi connectivity index (χ4v) is 6.67. The third kappa shape index (κ3) is 9.47. The third-order valence-corrected chi connectivity index (χ3v) is 9.19. The summed E-state index contributed by atoms with van der Waals surface area (Å²) in [4.78, 5) is 1.04. The van der Waals surface area contributed by atoms with Crippen molar-refractivity contribution < 1.29 is 28.4 Å². The van der Waals surface area contributed by atoms with Gasteiger partial charge in [-0.3, -0.25) is 0 Å². The van der Waals surface area contributed by atoms with Gasteiger partial charge in [0.2, 0.25) is 6.29 Å². The lowest BCUT2D eigenvalue weighted by atomic mass is 10.00. The van der Waals surface area contributed by atoms with Gasteiger partial charge in [-0.05, 0) is 53.1 Å². The smallest absolute Gasteiger partial charge is 0.215 e. The molecule has 5 atom stereocenters. The van der Waals surface area contributed by atoms with E-state index in [1.165, 1.54) is 0 Å². The molecule has 7 heteroatoms. The highest BCUT2D eigenvalue weighted by molar-refractivity contribution is 8.00. The van der Waals surface area contributed by atoms with E-state index in [2.05, 4.69) is 36.4 Å². The number of hydrogen-bond donors (Lipinski definition) is 0. The fourth-order valence-electron chi connectivity index (χ4n) is 5.47. The first kappa shape index (κ1) is 32.8. The second-order valence-electron chi connectivity index (χ2n) is 11.3. The van der Waals surface area contributed by atoms with Crippen LogP contribution in [0.3, 0.4) is 0 Å². The Morgan fingerprint density at radius 2 is 1.06 bits per heavy atom. The maximum Gasteiger partial charge on any atom is 0.215 e. The summed E-state index contributed by atoms with van der Waals surface area (Å²) in [5, 5.41) is -0.293. The molecule has 47 heavy (non-hydrogen) atoms. The van der Waals surface area contributed by atoms with Crippen molar-refractivity contribution in [3.05, 3.63) is 162 Å². The zero-order valence-electron chi connectivity index (χ0n) is 26.4. The number of thioether (sulfide) groups is 1. The Kier molecular flexibility index (Phi) is 12.0. The molecular formula is C40H40O6S. The molecule has 242 valence electrons. The summed E-state index contributed by atoms with van der Waals surface area (Å²) in [6.45, 7) is 1.56. The minimum Gasteiger partial charge on any atom is -0.497 e. The summed E-state index contributed by atoms with van der Waals surface area (Å²) in [6.07, 6.45) is -2.00. The normalized spacial score (nSPS) is 20.8. The SMILES string of the molecule is COc1ccc(S[C@@H]2[C@@H](Oc3ccccc3)O[C@H](COCc3ccccc3)[C@@H](OCc3ccccc3)[C@@H]2OCc2ccccc2)cc1. The van der Waals surface area contributed by atoms with Crippen molar-refractivity contribution in [2.24, 2.45) is 0 Å². The quantitative estimate of drug-likeness (QED) is 0.113. The first-order valence-electron chi connectivity index (χ1n) is 15.9. The first-order chi connectivity index (χ1) is 23.2. The van der Waals surface area contributed by atoms with Crippen LogP contribution in [0.25, 0.3) is 0 Å². The predicted molar refractivity (Wildman–Crippen MR) is 185 cm³/mol. The minimum atomic E-state index is -0.660. The van der Waals surface area contributed by atoms with E-state index in [1.54, 1.807) is 18.9 Å². The van der Waals surface area contributed by atoms with Crippen molar-refractivity contribution in [3.8, 4) is 11.5 Å². The second-order valence-corrected chi connectivity index (χ2v) is 12.5. The van der Waals surface area contributed by atoms with Crippen LogP contribution in [0.1, 0.15) is 16.7 Å². The molecule has 1 aliphatic heterocycles. The predicted octanol–water partition coefficient (Wildman–Crippen LogP) is 8.35. The van der Waals surface area contributed by atoms with E-state index in [9.17, 15) is 0 Å². The number of hydrogen-bond acceptors (Lipinski definition) is 7. The van der Waals surface area contributed by atoms with Gasteiger partial charge in [0, 0.05) is 4.90 Å². The molecule has 0 N–H and O–H groups in total. The van der Waals surface area contributed by atoms with Gasteiger partial charge in [0.25, 0.3) is 0 Å². The van der Waals surface area contributed by atoms with Gasteiger partial charge < -0.3 is 28.4 Å². The Bertz CT molecular complexity index is 1590. The van der Waals surface area contributed by atoms with E-state index in [1.807, 2.05) is 109 Å². The van der Waals surface area contributed by atoms with E-state index < -0.39 is 24.6 Å². The number of para-hydroxylation sites is 1. The van der Waals surface area contributed by atoms with Gasteiger partial charge in [0.05, 0.1) is 33.5 Å². The van der Waals surface area contributed by atoms with Gasteiger partial charge in [-0.1, -0.05) is 109 Å². The lowest BCUT2D eigenvalue weighted by Gasteiger charge is -2.45. The highest BCUT2D eigenvalue weighted by Crippen LogP contribution is 2.39. The van der Waals surface area contributed by atoms with Gasteiger partial charge in [-0.25, -0.2) is 0 Å². The van der Waals surface area contributed by atoms with Crippen molar-refractivity contribution in [3.63, 3.8) is 0 Å². The minimum absolute atomic E-state index is 0.293. The van der Waals surface area contributed by atoms with Gasteiger partial charge in [0.15, 0.2) is 0 Å². The van der Waals surface area contributed by atoms with Crippen LogP contribution < -0.4 is 9.47 Å². The molecule has 0 aromatic heterocycles. The zero-order valence-corrected chi connectivity index (χ0v) is 27.2. The molecule has 6 nitrogen and oxygen atoms in total. The fraction of sp³-hybridized carbons (Fsp3) is 0.250. The van der Waals surface area contributed by atoms with Crippen molar-refractivity contribution in [2.45, 2.75) is 54.6 Å². The van der Waals surface area contributed by atoms with E-state index in [0.717, 1.165) is 27.3 Å². The summed E-state index contributed by atoms with van der Waals surface area (Å²) in [7, 11) is 1.67. The maximum absolute atomic E-state index is 6.88. The second kappa shape index (κ2) is 17.2. The van der Waals surface area contributed by atoms with Crippen LogP contribution in [0.4, 0.5) is 0 Å². The highest BCUT2D eigenvalue weighted by Gasteiger charge is 2.49. The summed E-state index contributed by atoms with van der Waals surface area (Å²) in [5.74, 6) is 1.51. The highest BCUT2D eigenvalue weighted by atomic mass is 32.2. The van der Waals surface area contributed by atoms with Crippen molar-refractivity contribution >= 4 is 11.8 Å². The van der Waals surface area contributed by atoms with Crippen molar-refractivity contribution in [1.82, 2.24) is 0 Å². The third-order valence-electron chi connectivity index (χ3n) is 7.88. The Morgan fingerprint density at radius 1 is 0.553 bits per heavy atom. The molecule has 0 radical (unpaired) electrons. The summed E-state index contributed by atoms with van der Waals surface area (Å²) in [6, 6.07) is 48.3. The molecule has 1 heterocycles. The van der Waals surface area contributed by atoms with Crippen LogP contribution in [0.5, 0.6) is 11.5 Å². The van der Waals surface area contributed by atoms with E-state index in [4.69, 9.17) is 28.4 Å². The number of benzene rings is 5. The molecule has 0 amide bonds. The van der Waals surface area contributed by atoms with Gasteiger partial charge in [0.1, 0.15) is 35.1 Å². The van der Waals surface area contributed by atoms with E-state index >= 15 is 0 Å². The summed E-state index contributed by atoms with van der Waals surface area (Å²) >= 11 is 1.65. The van der Waals surface area contributed by atoms with E-state index in [-0.39, 0.29) is 5.25 Å². The standard InChI is InChI=1S/C40H40O6S/c1-41-33-22-24-35(25-23-33)47-39-38(44-28-32-18-10-4-11-19-32)37(43-27-31-16-8-3-9-17-31)36(29-42-26-30-14-6-2-7-15-30)46-40(39)45-34-20-12-5-13-21-34/h2-25,36-40H,26-29H2,1H3/t36-,37-,38+,39+,40+/m1/s1. The van der Waals surface area contributed by atoms with E-state index in [0.29, 0.717) is 32.2 Å². The molecule has 1 aliphatic rings. The summed E-state index contributed by atoms with van der Waals surface area (Å²) in [5.41, 5.74) is 3.23. The topological polar surface area (TPSA) is 55.4 Å². The molecule has 1 saturated heterocycles. The summed E-state index contributed by atoms with van der Waals surface area (Å²) < 4.78 is 38.8. The number of methoxy groups -OCH3 is 1. The Labute approximate surface area is 281 Å². The molecule has 6 rings (SSSR count). The van der Waals surface area contributed by atoms with Gasteiger partial charge >= 0.3 is 0 Å². The molecule has 5 aromatic rings. The van der Waals surface area contributed by atoms with Crippen LogP contribution in [0.2, 0.25) is 0 Å². The number of ether oxygens (including phenoxy) is 6. The van der Waals surface area contributed by atoms with Crippen LogP contribution in [0, 0.1) is 0 Å². The van der Waals surface area contributed by atoms with Crippen LogP contribution >= 0.6 is 11.8 Å². The monoisotopic (exact) mass is 648 g/mol. The van der Waals surface area contributed by atoms with Crippen molar-refractivity contribution in [1.29, 1.82) is 0 Å².